The van der Waals surface area contributed by atoms with Gasteiger partial charge in [-0.25, -0.2) is 0 Å². The van der Waals surface area contributed by atoms with Crippen molar-refractivity contribution in [3.8, 4) is 0 Å². The van der Waals surface area contributed by atoms with Crippen molar-refractivity contribution in [2.75, 3.05) is 6.54 Å². The van der Waals surface area contributed by atoms with Crippen molar-refractivity contribution in [3.05, 3.63) is 45.8 Å². The lowest BCUT2D eigenvalue weighted by molar-refractivity contribution is 0.0652. The van der Waals surface area contributed by atoms with Gasteiger partial charge in [-0.05, 0) is 25.0 Å². The fourth-order valence-electron chi connectivity index (χ4n) is 2.15. The Morgan fingerprint density at radius 3 is 1.96 bits per heavy atom. The molecular weight excluding hydrogens is 365 g/mol. The second-order valence-electron chi connectivity index (χ2n) is 5.00. The first-order valence-corrected chi connectivity index (χ1v) is 8.73. The summed E-state index contributed by atoms with van der Waals surface area (Å²) in [4.78, 5) is 24.8. The number of fused-ring (bicyclic) bond motifs is 1. The average Bonchev–Trinajstić information content (AvgIpc) is 2.60. The standard InChI is InChI=1S/C13H11ClF5NO2S/c14-9(8-23(15,16,17,18)19)4-3-7-20-12(21)10-5-1-2-6-11(10)13(20)22/h1-2,5-6,8H,3-4,7H2/b9-8+. The number of amides is 2. The third-order valence-corrected chi connectivity index (χ3v) is 4.18. The van der Waals surface area contributed by atoms with Crippen LogP contribution in [0, 0.1) is 0 Å². The van der Waals surface area contributed by atoms with Crippen LogP contribution in [0.3, 0.4) is 0 Å². The van der Waals surface area contributed by atoms with Gasteiger partial charge < -0.3 is 0 Å². The summed E-state index contributed by atoms with van der Waals surface area (Å²) in [6, 6.07) is 6.05. The molecule has 3 nitrogen and oxygen atoms in total. The van der Waals surface area contributed by atoms with Gasteiger partial charge in [0.15, 0.2) is 0 Å². The number of benzene rings is 1. The summed E-state index contributed by atoms with van der Waals surface area (Å²) >= 11 is 5.19. The first-order valence-electron chi connectivity index (χ1n) is 6.34. The molecule has 0 atom stereocenters. The molecule has 128 valence electrons. The minimum atomic E-state index is -9.72. The fourth-order valence-corrected chi connectivity index (χ4v) is 3.39. The molecule has 0 radical (unpaired) electrons. The van der Waals surface area contributed by atoms with Gasteiger partial charge in [-0.3, -0.25) is 14.5 Å². The maximum absolute atomic E-state index is 12.2. The third-order valence-electron chi connectivity index (χ3n) is 3.03. The van der Waals surface area contributed by atoms with E-state index < -0.39 is 38.9 Å². The van der Waals surface area contributed by atoms with E-state index in [1.54, 1.807) is 12.1 Å². The SMILES string of the molecule is O=C1c2ccccc2C(=O)N1CCC/C(Cl)=C\S(F)(F)(F)(F)F. The largest absolute Gasteiger partial charge is 0.305 e. The first-order chi connectivity index (χ1) is 10.3. The Kier molecular flexibility index (Phi) is 3.81. The van der Waals surface area contributed by atoms with Crippen LogP contribution in [-0.4, -0.2) is 23.3 Å². The molecule has 1 heterocycles. The Morgan fingerprint density at radius 1 is 1.04 bits per heavy atom. The number of carbonyl (C=O) groups excluding carboxylic acids is 2. The van der Waals surface area contributed by atoms with E-state index >= 15 is 0 Å². The quantitative estimate of drug-likeness (QED) is 0.507. The number of imide groups is 1. The van der Waals surface area contributed by atoms with Crippen LogP contribution < -0.4 is 0 Å². The number of hydrogen-bond donors (Lipinski definition) is 0. The van der Waals surface area contributed by atoms with Crippen molar-refractivity contribution in [1.29, 1.82) is 0 Å². The summed E-state index contributed by atoms with van der Waals surface area (Å²) in [6.07, 6.45) is -0.685. The van der Waals surface area contributed by atoms with Crippen LogP contribution in [0.2, 0.25) is 0 Å². The maximum atomic E-state index is 12.2. The Hall–Kier alpha value is -1.61. The van der Waals surface area contributed by atoms with Gasteiger partial charge in [0.1, 0.15) is 0 Å². The van der Waals surface area contributed by atoms with E-state index in [0.717, 1.165) is 4.90 Å². The van der Waals surface area contributed by atoms with Gasteiger partial charge >= 0.3 is 10.2 Å². The first kappa shape index (κ1) is 17.7. The molecule has 0 aliphatic carbocycles. The zero-order chi connectivity index (χ0) is 17.5. The van der Waals surface area contributed by atoms with Gasteiger partial charge in [0.05, 0.1) is 16.5 Å². The highest BCUT2D eigenvalue weighted by Gasteiger charge is 2.61. The molecule has 2 rings (SSSR count). The molecule has 2 amide bonds. The van der Waals surface area contributed by atoms with Crippen LogP contribution >= 0.6 is 21.8 Å². The molecule has 0 fully saturated rings. The lowest BCUT2D eigenvalue weighted by Crippen LogP contribution is -2.30. The van der Waals surface area contributed by atoms with Crippen molar-refractivity contribution in [2.45, 2.75) is 12.8 Å². The highest BCUT2D eigenvalue weighted by molar-refractivity contribution is 8.48. The van der Waals surface area contributed by atoms with Crippen LogP contribution in [0.1, 0.15) is 33.6 Å². The van der Waals surface area contributed by atoms with Crippen LogP contribution in [0.25, 0.3) is 0 Å². The number of hydrogen-bond acceptors (Lipinski definition) is 2. The second kappa shape index (κ2) is 4.94. The van der Waals surface area contributed by atoms with E-state index in [4.69, 9.17) is 11.6 Å². The highest BCUT2D eigenvalue weighted by atomic mass is 35.5. The summed E-state index contributed by atoms with van der Waals surface area (Å²) < 4.78 is 61.1. The van der Waals surface area contributed by atoms with Crippen LogP contribution in [0.4, 0.5) is 19.4 Å². The summed E-state index contributed by atoms with van der Waals surface area (Å²) in [7, 11) is -9.72. The topological polar surface area (TPSA) is 37.4 Å². The van der Waals surface area contributed by atoms with Crippen molar-refractivity contribution in [2.24, 2.45) is 0 Å². The molecule has 0 saturated carbocycles. The predicted molar refractivity (Wildman–Crippen MR) is 78.1 cm³/mol. The van der Waals surface area contributed by atoms with E-state index in [2.05, 4.69) is 0 Å². The molecule has 1 aromatic carbocycles. The van der Waals surface area contributed by atoms with Gasteiger partial charge in [-0.1, -0.05) is 43.2 Å². The van der Waals surface area contributed by atoms with E-state index in [-0.39, 0.29) is 24.1 Å². The van der Waals surface area contributed by atoms with Crippen molar-refractivity contribution >= 4 is 33.6 Å². The Bertz CT molecular complexity index is 682. The molecule has 0 saturated heterocycles. The summed E-state index contributed by atoms with van der Waals surface area (Å²) in [5.74, 6) is -1.14. The molecule has 1 aliphatic heterocycles. The Morgan fingerprint density at radius 2 is 1.52 bits per heavy atom. The fraction of sp³-hybridized carbons (Fsp3) is 0.231. The smallest absolute Gasteiger partial charge is 0.274 e. The summed E-state index contributed by atoms with van der Waals surface area (Å²) in [5.41, 5.74) is 0.400. The number of rotatable bonds is 5. The molecule has 1 aliphatic rings. The normalized spacial score (nSPS) is 18.7. The van der Waals surface area contributed by atoms with E-state index in [0.29, 0.717) is 0 Å². The Labute approximate surface area is 133 Å². The molecule has 0 aromatic heterocycles. The third kappa shape index (κ3) is 4.68. The summed E-state index contributed by atoms with van der Waals surface area (Å²) in [6.45, 7) is -0.212. The molecule has 0 N–H and O–H groups in total. The minimum absolute atomic E-state index is 0.158. The van der Waals surface area contributed by atoms with Gasteiger partial charge in [-0.15, -0.1) is 0 Å². The van der Waals surface area contributed by atoms with Crippen molar-refractivity contribution < 1.29 is 29.0 Å². The number of nitrogens with zero attached hydrogens (tertiary/aromatic N) is 1. The molecule has 10 heteroatoms. The van der Waals surface area contributed by atoms with Crippen molar-refractivity contribution in [3.63, 3.8) is 0 Å². The van der Waals surface area contributed by atoms with Gasteiger partial charge in [0, 0.05) is 11.6 Å². The van der Waals surface area contributed by atoms with Crippen LogP contribution in [-0.2, 0) is 0 Å². The lowest BCUT2D eigenvalue weighted by atomic mass is 10.1. The van der Waals surface area contributed by atoms with Crippen molar-refractivity contribution in [1.82, 2.24) is 4.90 Å². The Balaban J connectivity index is 2.01. The highest BCUT2D eigenvalue weighted by Crippen LogP contribution is 2.99. The number of carbonyl (C=O) groups is 2. The average molecular weight is 376 g/mol. The summed E-state index contributed by atoms with van der Waals surface area (Å²) in [5, 5.41) is -2.23. The maximum Gasteiger partial charge on any atom is 0.305 e. The number of halogens is 6. The lowest BCUT2D eigenvalue weighted by Gasteiger charge is -2.37. The van der Waals surface area contributed by atoms with Crippen LogP contribution in [0.5, 0.6) is 0 Å². The predicted octanol–water partition coefficient (Wildman–Crippen LogP) is 5.44. The molecule has 1 aromatic rings. The van der Waals surface area contributed by atoms with Gasteiger partial charge in [-0.2, -0.15) is 0 Å². The van der Waals surface area contributed by atoms with Crippen LogP contribution in [0.15, 0.2) is 34.7 Å². The van der Waals surface area contributed by atoms with E-state index in [1.807, 2.05) is 0 Å². The van der Waals surface area contributed by atoms with Gasteiger partial charge in [0.25, 0.3) is 11.8 Å². The molecule has 23 heavy (non-hydrogen) atoms. The number of allylic oxidation sites excluding steroid dienone is 1. The molecule has 0 unspecified atom stereocenters. The zero-order valence-corrected chi connectivity index (χ0v) is 13.0. The molecular formula is C13H11ClF5NO2S. The molecule has 0 bridgehead atoms. The molecule has 0 spiro atoms. The monoisotopic (exact) mass is 375 g/mol. The van der Waals surface area contributed by atoms with Gasteiger partial charge in [0.2, 0.25) is 0 Å². The second-order valence-corrected chi connectivity index (χ2v) is 7.78. The minimum Gasteiger partial charge on any atom is -0.274 e. The zero-order valence-electron chi connectivity index (χ0n) is 11.4. The van der Waals surface area contributed by atoms with E-state index in [1.165, 1.54) is 12.1 Å². The van der Waals surface area contributed by atoms with E-state index in [9.17, 15) is 29.0 Å².